The van der Waals surface area contributed by atoms with Crippen LogP contribution in [0.3, 0.4) is 0 Å². The van der Waals surface area contributed by atoms with E-state index in [1.54, 1.807) is 30.3 Å². The van der Waals surface area contributed by atoms with Gasteiger partial charge >= 0.3 is 0 Å². The van der Waals surface area contributed by atoms with Gasteiger partial charge in [-0.3, -0.25) is 14.8 Å². The number of ether oxygens (including phenoxy) is 1. The van der Waals surface area contributed by atoms with Crippen molar-refractivity contribution >= 4 is 48.1 Å². The molecule has 2 N–H and O–H groups in total. The largest absolute Gasteiger partial charge is 0.495 e. The maximum absolute atomic E-state index is 13.0. The molecule has 35 heavy (non-hydrogen) atoms. The van der Waals surface area contributed by atoms with Crippen molar-refractivity contribution in [2.45, 2.75) is 28.5 Å². The monoisotopic (exact) mass is 537 g/mol. The molecule has 0 aliphatic carbocycles. The van der Waals surface area contributed by atoms with Crippen LogP contribution in [-0.4, -0.2) is 57.4 Å². The van der Waals surface area contributed by atoms with E-state index < -0.39 is 30.3 Å². The molecule has 186 valence electrons. The molecule has 11 nitrogen and oxygen atoms in total. The number of amides is 1. The zero-order valence-electron chi connectivity index (χ0n) is 18.7. The van der Waals surface area contributed by atoms with E-state index in [-0.39, 0.29) is 21.5 Å². The molecule has 3 aromatic rings. The summed E-state index contributed by atoms with van der Waals surface area (Å²) in [6, 6.07) is 12.4. The van der Waals surface area contributed by atoms with Crippen molar-refractivity contribution < 1.29 is 26.4 Å². The minimum Gasteiger partial charge on any atom is -0.495 e. The highest BCUT2D eigenvalue weighted by molar-refractivity contribution is 7.94. The lowest BCUT2D eigenvalue weighted by atomic mass is 10.2. The molecule has 4 rings (SSSR count). The van der Waals surface area contributed by atoms with Crippen LogP contribution in [0.2, 0.25) is 0 Å². The smallest absolute Gasteiger partial charge is 0.291 e. The maximum Gasteiger partial charge on any atom is 0.291 e. The van der Waals surface area contributed by atoms with Crippen molar-refractivity contribution in [3.63, 3.8) is 0 Å². The zero-order valence-corrected chi connectivity index (χ0v) is 21.1. The number of carbonyl (C=O) groups is 1. The van der Waals surface area contributed by atoms with Gasteiger partial charge < -0.3 is 4.74 Å². The van der Waals surface area contributed by atoms with Crippen LogP contribution in [0.25, 0.3) is 0 Å². The number of carbonyl (C=O) groups excluding carboxylic acids is 1. The SMILES string of the molecule is COc1ccc(S(=O)(=O)N2CCCCC2)cc1NS(=O)(=O)c1nnc(NC(=O)c2ccccc2)s1. The Morgan fingerprint density at radius 1 is 1.00 bits per heavy atom. The van der Waals surface area contributed by atoms with E-state index in [1.165, 1.54) is 29.6 Å². The van der Waals surface area contributed by atoms with Crippen molar-refractivity contribution in [3.8, 4) is 5.75 Å². The van der Waals surface area contributed by atoms with Gasteiger partial charge in [0.1, 0.15) is 5.75 Å². The molecule has 1 fully saturated rings. The number of sulfonamides is 2. The average Bonchev–Trinajstić information content (AvgIpc) is 3.34. The summed E-state index contributed by atoms with van der Waals surface area (Å²) in [6.45, 7) is 0.829. The van der Waals surface area contributed by atoms with Gasteiger partial charge in [-0.1, -0.05) is 36.0 Å². The molecule has 0 spiro atoms. The van der Waals surface area contributed by atoms with Crippen molar-refractivity contribution in [2.75, 3.05) is 30.2 Å². The number of nitrogens with zero attached hydrogens (tertiary/aromatic N) is 3. The Bertz CT molecular complexity index is 1420. The highest BCUT2D eigenvalue weighted by Crippen LogP contribution is 2.32. The summed E-state index contributed by atoms with van der Waals surface area (Å²) >= 11 is 0.656. The van der Waals surface area contributed by atoms with Crippen molar-refractivity contribution in [1.82, 2.24) is 14.5 Å². The van der Waals surface area contributed by atoms with Crippen LogP contribution >= 0.6 is 11.3 Å². The first-order chi connectivity index (χ1) is 16.7. The van der Waals surface area contributed by atoms with E-state index in [4.69, 9.17) is 4.74 Å². The molecule has 0 atom stereocenters. The lowest BCUT2D eigenvalue weighted by Gasteiger charge is -2.26. The predicted molar refractivity (Wildman–Crippen MR) is 131 cm³/mol. The third kappa shape index (κ3) is 5.61. The first kappa shape index (κ1) is 25.0. The fourth-order valence-electron chi connectivity index (χ4n) is 3.50. The number of hydrogen-bond acceptors (Lipinski definition) is 9. The molecule has 1 saturated heterocycles. The molecule has 1 aliphatic heterocycles. The number of nitrogens with one attached hydrogen (secondary N) is 2. The maximum atomic E-state index is 13.0. The van der Waals surface area contributed by atoms with E-state index in [0.717, 1.165) is 19.3 Å². The van der Waals surface area contributed by atoms with Crippen LogP contribution in [0.4, 0.5) is 10.8 Å². The fraction of sp³-hybridized carbons (Fsp3) is 0.286. The Morgan fingerprint density at radius 3 is 2.40 bits per heavy atom. The Hall–Kier alpha value is -3.07. The highest BCUT2D eigenvalue weighted by Gasteiger charge is 2.28. The minimum absolute atomic E-state index is 0.00683. The van der Waals surface area contributed by atoms with Crippen LogP contribution in [0, 0.1) is 0 Å². The third-order valence-electron chi connectivity index (χ3n) is 5.26. The number of hydrogen-bond donors (Lipinski definition) is 2. The second-order valence-corrected chi connectivity index (χ2v) is 12.4. The number of anilines is 2. The van der Waals surface area contributed by atoms with Crippen LogP contribution in [0.15, 0.2) is 57.8 Å². The van der Waals surface area contributed by atoms with Gasteiger partial charge in [0.25, 0.3) is 20.3 Å². The van der Waals surface area contributed by atoms with Gasteiger partial charge in [0.05, 0.1) is 17.7 Å². The third-order valence-corrected chi connectivity index (χ3v) is 9.73. The summed E-state index contributed by atoms with van der Waals surface area (Å²) in [5, 5.41) is 9.90. The fourth-order valence-corrected chi connectivity index (χ4v) is 7.00. The average molecular weight is 538 g/mol. The lowest BCUT2D eigenvalue weighted by molar-refractivity contribution is 0.102. The first-order valence-corrected chi connectivity index (χ1v) is 14.4. The van der Waals surface area contributed by atoms with Crippen molar-refractivity contribution in [1.29, 1.82) is 0 Å². The summed E-state index contributed by atoms with van der Waals surface area (Å²) in [5.74, 6) is -0.329. The number of benzene rings is 2. The molecule has 1 aromatic heterocycles. The number of methoxy groups -OCH3 is 1. The van der Waals surface area contributed by atoms with Crippen LogP contribution in [0.1, 0.15) is 29.6 Å². The van der Waals surface area contributed by atoms with E-state index in [1.807, 2.05) is 0 Å². The lowest BCUT2D eigenvalue weighted by Crippen LogP contribution is -2.35. The summed E-state index contributed by atoms with van der Waals surface area (Å²) in [7, 11) is -6.71. The first-order valence-electron chi connectivity index (χ1n) is 10.6. The van der Waals surface area contributed by atoms with E-state index in [0.29, 0.717) is 30.0 Å². The molecular formula is C21H23N5O6S3. The summed E-state index contributed by atoms with van der Waals surface area (Å²) in [5.41, 5.74) is 0.317. The molecule has 0 bridgehead atoms. The number of piperidine rings is 1. The minimum atomic E-state index is -4.26. The second-order valence-electron chi connectivity index (χ2n) is 7.63. The topological polar surface area (TPSA) is 148 Å². The Balaban J connectivity index is 1.56. The standard InChI is InChI=1S/C21H23N5O6S3/c1-32-18-11-10-16(35(30,31)26-12-6-3-7-13-26)14-17(18)25-34(28,29)21-24-23-20(33-21)22-19(27)15-8-4-2-5-9-15/h2,4-5,8-11,14,25H,3,6-7,12-13H2,1H3,(H,22,23,27). The van der Waals surface area contributed by atoms with Gasteiger partial charge in [-0.05, 0) is 43.2 Å². The van der Waals surface area contributed by atoms with Gasteiger partial charge in [0.2, 0.25) is 15.2 Å². The molecule has 14 heteroatoms. The van der Waals surface area contributed by atoms with E-state index in [2.05, 4.69) is 20.2 Å². The number of aromatic nitrogens is 2. The number of rotatable bonds is 8. The van der Waals surface area contributed by atoms with Crippen molar-refractivity contribution in [2.24, 2.45) is 0 Å². The molecule has 2 aromatic carbocycles. The van der Waals surface area contributed by atoms with Crippen LogP contribution < -0.4 is 14.8 Å². The quantitative estimate of drug-likeness (QED) is 0.417. The summed E-state index contributed by atoms with van der Waals surface area (Å²) in [6.07, 6.45) is 2.51. The van der Waals surface area contributed by atoms with Crippen molar-refractivity contribution in [3.05, 3.63) is 54.1 Å². The molecule has 2 heterocycles. The molecule has 0 saturated carbocycles. The van der Waals surface area contributed by atoms with E-state index >= 15 is 0 Å². The zero-order chi connectivity index (χ0) is 25.1. The molecular weight excluding hydrogens is 514 g/mol. The molecule has 1 aliphatic rings. The van der Waals surface area contributed by atoms with Gasteiger partial charge in [0, 0.05) is 18.7 Å². The van der Waals surface area contributed by atoms with E-state index in [9.17, 15) is 21.6 Å². The molecule has 0 unspecified atom stereocenters. The van der Waals surface area contributed by atoms with Crippen LogP contribution in [0.5, 0.6) is 5.75 Å². The van der Waals surface area contributed by atoms with Gasteiger partial charge in [-0.15, -0.1) is 10.2 Å². The van der Waals surface area contributed by atoms with Crippen LogP contribution in [-0.2, 0) is 20.0 Å². The summed E-state index contributed by atoms with van der Waals surface area (Å²) in [4.78, 5) is 12.2. The molecule has 0 radical (unpaired) electrons. The van der Waals surface area contributed by atoms with Gasteiger partial charge in [-0.25, -0.2) is 8.42 Å². The predicted octanol–water partition coefficient (Wildman–Crippen LogP) is 2.77. The van der Waals surface area contributed by atoms with Gasteiger partial charge in [0.15, 0.2) is 0 Å². The second kappa shape index (κ2) is 10.3. The Kier molecular flexibility index (Phi) is 7.35. The summed E-state index contributed by atoms with van der Waals surface area (Å²) < 4.78 is 60.6. The normalized spacial score (nSPS) is 14.9. The highest BCUT2D eigenvalue weighted by atomic mass is 32.2. The Morgan fingerprint density at radius 2 is 1.71 bits per heavy atom. The van der Waals surface area contributed by atoms with Gasteiger partial charge in [-0.2, -0.15) is 12.7 Å². The Labute approximate surface area is 207 Å². The molecule has 1 amide bonds.